The Kier molecular flexibility index (Phi) is 7.52. The normalized spacial score (nSPS) is 15.8. The van der Waals surface area contributed by atoms with Crippen LogP contribution < -0.4 is 5.32 Å². The molecule has 5 nitrogen and oxygen atoms in total. The number of nitrogens with one attached hydrogen (secondary N) is 1. The Morgan fingerprint density at radius 2 is 1.66 bits per heavy atom. The monoisotopic (exact) mass is 490 g/mol. The van der Waals surface area contributed by atoms with Gasteiger partial charge in [-0.2, -0.15) is 0 Å². The highest BCUT2D eigenvalue weighted by atomic mass is 35.5. The summed E-state index contributed by atoms with van der Waals surface area (Å²) in [5.41, 5.74) is 2.62. The number of hydrogen-bond donors (Lipinski definition) is 1. The zero-order chi connectivity index (χ0) is 24.0. The average Bonchev–Trinajstić information content (AvgIpc) is 3.38. The molecule has 0 radical (unpaired) electrons. The van der Waals surface area contributed by atoms with E-state index in [1.165, 1.54) is 11.6 Å². The molecule has 5 rings (SSSR count). The van der Waals surface area contributed by atoms with Crippen molar-refractivity contribution in [2.75, 3.05) is 19.6 Å². The van der Waals surface area contributed by atoms with E-state index in [-0.39, 0.29) is 5.82 Å². The number of piperidine rings is 1. The van der Waals surface area contributed by atoms with Gasteiger partial charge in [0.2, 0.25) is 11.8 Å². The molecule has 1 unspecified atom stereocenters. The predicted molar refractivity (Wildman–Crippen MR) is 135 cm³/mol. The summed E-state index contributed by atoms with van der Waals surface area (Å²) >= 11 is 6.01. The highest BCUT2D eigenvalue weighted by Gasteiger charge is 2.26. The Morgan fingerprint density at radius 1 is 0.943 bits per heavy atom. The second-order valence-corrected chi connectivity index (χ2v) is 9.46. The van der Waals surface area contributed by atoms with Gasteiger partial charge in [-0.05, 0) is 74.3 Å². The maximum Gasteiger partial charge on any atom is 0.247 e. The van der Waals surface area contributed by atoms with E-state index in [9.17, 15) is 4.39 Å². The summed E-state index contributed by atoms with van der Waals surface area (Å²) in [6.45, 7) is 3.73. The van der Waals surface area contributed by atoms with Crippen LogP contribution in [0.4, 0.5) is 4.39 Å². The molecule has 35 heavy (non-hydrogen) atoms. The molecule has 0 saturated carbocycles. The van der Waals surface area contributed by atoms with Gasteiger partial charge >= 0.3 is 0 Å². The first-order valence-corrected chi connectivity index (χ1v) is 12.4. The molecule has 1 atom stereocenters. The molecule has 7 heteroatoms. The molecule has 1 aromatic heterocycles. The van der Waals surface area contributed by atoms with Crippen LogP contribution in [0.15, 0.2) is 83.3 Å². The van der Waals surface area contributed by atoms with Gasteiger partial charge in [-0.25, -0.2) is 4.39 Å². The van der Waals surface area contributed by atoms with Crippen LogP contribution in [0.1, 0.15) is 35.9 Å². The molecule has 4 aromatic rings. The van der Waals surface area contributed by atoms with Crippen LogP contribution in [0.25, 0.3) is 11.5 Å². The molecule has 1 aliphatic rings. The lowest BCUT2D eigenvalue weighted by Gasteiger charge is -2.32. The van der Waals surface area contributed by atoms with E-state index < -0.39 is 6.04 Å². The lowest BCUT2D eigenvalue weighted by Crippen LogP contribution is -2.38. The number of aromatic nitrogens is 2. The van der Waals surface area contributed by atoms with Crippen molar-refractivity contribution in [1.29, 1.82) is 0 Å². The molecule has 1 N–H and O–H groups in total. The summed E-state index contributed by atoms with van der Waals surface area (Å²) in [6, 6.07) is 23.9. The Hall–Kier alpha value is -3.06. The SMILES string of the molecule is Fc1ccccc1C(NCC1CCN(Cc2ccc(Cl)cc2)CC1)c1nnc(-c2ccccc2)o1. The largest absolute Gasteiger partial charge is 0.419 e. The molecular formula is C28H28ClFN4O. The van der Waals surface area contributed by atoms with Crippen LogP contribution in [-0.4, -0.2) is 34.7 Å². The molecular weight excluding hydrogens is 463 g/mol. The van der Waals surface area contributed by atoms with Gasteiger partial charge in [0.15, 0.2) is 0 Å². The molecule has 2 heterocycles. The second kappa shape index (κ2) is 11.1. The lowest BCUT2D eigenvalue weighted by atomic mass is 9.95. The fraction of sp³-hybridized carbons (Fsp3) is 0.286. The zero-order valence-corrected chi connectivity index (χ0v) is 20.2. The maximum atomic E-state index is 14.8. The van der Waals surface area contributed by atoms with Gasteiger partial charge in [0.25, 0.3) is 0 Å². The fourth-order valence-corrected chi connectivity index (χ4v) is 4.70. The molecule has 1 saturated heterocycles. The summed E-state index contributed by atoms with van der Waals surface area (Å²) in [5.74, 6) is 0.998. The van der Waals surface area contributed by atoms with Crippen LogP contribution >= 0.6 is 11.6 Å². The van der Waals surface area contributed by atoms with Gasteiger partial charge in [0, 0.05) is 22.7 Å². The summed E-state index contributed by atoms with van der Waals surface area (Å²) in [5, 5.41) is 12.8. The van der Waals surface area contributed by atoms with Crippen molar-refractivity contribution in [3.05, 3.63) is 107 Å². The third-order valence-electron chi connectivity index (χ3n) is 6.56. The number of halogens is 2. The predicted octanol–water partition coefficient (Wildman–Crippen LogP) is 6.12. The van der Waals surface area contributed by atoms with Crippen molar-refractivity contribution in [3.63, 3.8) is 0 Å². The Bertz CT molecular complexity index is 1220. The van der Waals surface area contributed by atoms with Crippen LogP contribution in [0.2, 0.25) is 5.02 Å². The van der Waals surface area contributed by atoms with E-state index in [4.69, 9.17) is 16.0 Å². The van der Waals surface area contributed by atoms with Crippen molar-refractivity contribution in [2.24, 2.45) is 5.92 Å². The van der Waals surface area contributed by atoms with Gasteiger partial charge in [-0.3, -0.25) is 4.90 Å². The van der Waals surface area contributed by atoms with Gasteiger partial charge < -0.3 is 9.73 Å². The minimum atomic E-state index is -0.506. The lowest BCUT2D eigenvalue weighted by molar-refractivity contribution is 0.173. The molecule has 1 fully saturated rings. The van der Waals surface area contributed by atoms with Crippen LogP contribution in [0.3, 0.4) is 0 Å². The van der Waals surface area contributed by atoms with E-state index >= 15 is 0 Å². The van der Waals surface area contributed by atoms with Crippen LogP contribution in [-0.2, 0) is 6.54 Å². The first-order chi connectivity index (χ1) is 17.2. The standard InChI is InChI=1S/C28H28ClFN4O/c29-23-12-10-21(11-13-23)19-34-16-14-20(15-17-34)18-31-26(24-8-4-5-9-25(24)30)28-33-32-27(35-28)22-6-2-1-3-7-22/h1-13,20,26,31H,14-19H2. The molecule has 1 aliphatic heterocycles. The van der Waals surface area contributed by atoms with Crippen molar-refractivity contribution >= 4 is 11.6 Å². The van der Waals surface area contributed by atoms with Crippen molar-refractivity contribution in [2.45, 2.75) is 25.4 Å². The molecule has 0 amide bonds. The van der Waals surface area contributed by atoms with Gasteiger partial charge in [0.05, 0.1) is 0 Å². The summed E-state index contributed by atoms with van der Waals surface area (Å²) < 4.78 is 20.8. The third-order valence-corrected chi connectivity index (χ3v) is 6.81. The minimum absolute atomic E-state index is 0.290. The van der Waals surface area contributed by atoms with E-state index in [0.717, 1.165) is 49.6 Å². The van der Waals surface area contributed by atoms with E-state index in [1.807, 2.05) is 48.5 Å². The first-order valence-electron chi connectivity index (χ1n) is 12.0. The van der Waals surface area contributed by atoms with E-state index in [1.54, 1.807) is 12.1 Å². The molecule has 0 bridgehead atoms. The smallest absolute Gasteiger partial charge is 0.247 e. The van der Waals surface area contributed by atoms with Crippen molar-refractivity contribution in [1.82, 2.24) is 20.4 Å². The van der Waals surface area contributed by atoms with E-state index in [0.29, 0.717) is 23.3 Å². The van der Waals surface area contributed by atoms with Crippen molar-refractivity contribution in [3.8, 4) is 11.5 Å². The Balaban J connectivity index is 1.24. The first kappa shape index (κ1) is 23.7. The van der Waals surface area contributed by atoms with E-state index in [2.05, 4.69) is 32.5 Å². The Labute approximate surface area is 209 Å². The minimum Gasteiger partial charge on any atom is -0.419 e. The number of rotatable bonds is 8. The highest BCUT2D eigenvalue weighted by molar-refractivity contribution is 6.30. The maximum absolute atomic E-state index is 14.8. The second-order valence-electron chi connectivity index (χ2n) is 9.02. The molecule has 0 spiro atoms. The number of nitrogens with zero attached hydrogens (tertiary/aromatic N) is 3. The van der Waals surface area contributed by atoms with Gasteiger partial charge in [0.1, 0.15) is 11.9 Å². The van der Waals surface area contributed by atoms with Crippen LogP contribution in [0, 0.1) is 11.7 Å². The average molecular weight is 491 g/mol. The number of likely N-dealkylation sites (tertiary alicyclic amines) is 1. The summed E-state index contributed by atoms with van der Waals surface area (Å²) in [7, 11) is 0. The van der Waals surface area contributed by atoms with Gasteiger partial charge in [-0.1, -0.05) is 60.1 Å². The van der Waals surface area contributed by atoms with Crippen LogP contribution in [0.5, 0.6) is 0 Å². The molecule has 180 valence electrons. The topological polar surface area (TPSA) is 54.2 Å². The zero-order valence-electron chi connectivity index (χ0n) is 19.4. The number of hydrogen-bond acceptors (Lipinski definition) is 5. The summed E-state index contributed by atoms with van der Waals surface area (Å²) in [6.07, 6.45) is 2.15. The molecule has 0 aliphatic carbocycles. The Morgan fingerprint density at radius 3 is 2.40 bits per heavy atom. The highest BCUT2D eigenvalue weighted by Crippen LogP contribution is 2.28. The molecule has 3 aromatic carbocycles. The van der Waals surface area contributed by atoms with Gasteiger partial charge in [-0.15, -0.1) is 10.2 Å². The quantitative estimate of drug-likeness (QED) is 0.322. The van der Waals surface area contributed by atoms with Crippen molar-refractivity contribution < 1.29 is 8.81 Å². The summed E-state index contributed by atoms with van der Waals surface area (Å²) in [4.78, 5) is 2.47. The third kappa shape index (κ3) is 5.96. The number of benzene rings is 3. The fourth-order valence-electron chi connectivity index (χ4n) is 4.57.